The maximum atomic E-state index is 13.7. The van der Waals surface area contributed by atoms with Crippen LogP contribution in [0.25, 0.3) is 22.0 Å². The molecule has 22 heavy (non-hydrogen) atoms. The zero-order chi connectivity index (χ0) is 15.7. The highest BCUT2D eigenvalue weighted by atomic mass is 19.1. The fourth-order valence-electron chi connectivity index (χ4n) is 2.94. The Kier molecular flexibility index (Phi) is 3.90. The Morgan fingerprint density at radius 1 is 1.18 bits per heavy atom. The Bertz CT molecular complexity index is 825. The van der Waals surface area contributed by atoms with Crippen LogP contribution in [0.2, 0.25) is 0 Å². The van der Waals surface area contributed by atoms with Gasteiger partial charge in [0.1, 0.15) is 5.82 Å². The van der Waals surface area contributed by atoms with Crippen molar-refractivity contribution >= 4 is 10.9 Å². The lowest BCUT2D eigenvalue weighted by molar-refractivity contribution is 0.628. The molecule has 3 heteroatoms. The SMILES string of the molecule is CCc1cc(C(C)N)c(-c2cccc(F)c2)c2ncccc12. The van der Waals surface area contributed by atoms with Crippen molar-refractivity contribution in [1.29, 1.82) is 0 Å². The van der Waals surface area contributed by atoms with Crippen LogP contribution >= 0.6 is 0 Å². The summed E-state index contributed by atoms with van der Waals surface area (Å²) >= 11 is 0. The minimum absolute atomic E-state index is 0.144. The molecule has 0 aliphatic carbocycles. The van der Waals surface area contributed by atoms with Crippen molar-refractivity contribution in [2.24, 2.45) is 5.73 Å². The molecule has 3 rings (SSSR count). The van der Waals surface area contributed by atoms with Crippen LogP contribution in [0, 0.1) is 5.82 Å². The van der Waals surface area contributed by atoms with Gasteiger partial charge in [-0.15, -0.1) is 0 Å². The number of nitrogens with two attached hydrogens (primary N) is 1. The van der Waals surface area contributed by atoms with Crippen molar-refractivity contribution in [1.82, 2.24) is 4.98 Å². The fourth-order valence-corrected chi connectivity index (χ4v) is 2.94. The molecule has 0 amide bonds. The van der Waals surface area contributed by atoms with Gasteiger partial charge in [-0.05, 0) is 48.2 Å². The van der Waals surface area contributed by atoms with Crippen molar-refractivity contribution in [2.75, 3.05) is 0 Å². The molecule has 2 aromatic carbocycles. The Labute approximate surface area is 129 Å². The normalized spacial score (nSPS) is 12.5. The molecule has 0 bridgehead atoms. The van der Waals surface area contributed by atoms with Crippen LogP contribution in [0.3, 0.4) is 0 Å². The van der Waals surface area contributed by atoms with Crippen molar-refractivity contribution in [3.63, 3.8) is 0 Å². The largest absolute Gasteiger partial charge is 0.324 e. The lowest BCUT2D eigenvalue weighted by Crippen LogP contribution is -2.08. The molecule has 0 radical (unpaired) electrons. The number of benzene rings is 2. The second kappa shape index (κ2) is 5.85. The van der Waals surface area contributed by atoms with Crippen LogP contribution in [0.15, 0.2) is 48.7 Å². The molecule has 1 unspecified atom stereocenters. The van der Waals surface area contributed by atoms with Gasteiger partial charge in [-0.1, -0.05) is 31.2 Å². The summed E-state index contributed by atoms with van der Waals surface area (Å²) in [5, 5.41) is 1.11. The summed E-state index contributed by atoms with van der Waals surface area (Å²) in [5.74, 6) is -0.253. The van der Waals surface area contributed by atoms with Gasteiger partial charge < -0.3 is 5.73 Å². The first-order chi connectivity index (χ1) is 10.6. The molecule has 2 nitrogen and oxygen atoms in total. The molecule has 0 fully saturated rings. The molecule has 3 aromatic rings. The first-order valence-corrected chi connectivity index (χ1v) is 7.53. The standard InChI is InChI=1S/C19H19FN2/c1-3-13-11-17(12(2)21)18(14-6-4-7-15(20)10-14)19-16(13)8-5-9-22-19/h4-12H,3,21H2,1-2H3. The van der Waals surface area contributed by atoms with Crippen LogP contribution in [0.4, 0.5) is 4.39 Å². The van der Waals surface area contributed by atoms with Gasteiger partial charge in [0.2, 0.25) is 0 Å². The van der Waals surface area contributed by atoms with Crippen molar-refractivity contribution in [2.45, 2.75) is 26.3 Å². The Balaban J connectivity index is 2.43. The first-order valence-electron chi connectivity index (χ1n) is 7.53. The minimum Gasteiger partial charge on any atom is -0.324 e. The van der Waals surface area contributed by atoms with Gasteiger partial charge in [0.25, 0.3) is 0 Å². The average molecular weight is 294 g/mol. The minimum atomic E-state index is -0.253. The molecule has 0 saturated heterocycles. The smallest absolute Gasteiger partial charge is 0.123 e. The highest BCUT2D eigenvalue weighted by Gasteiger charge is 2.16. The molecule has 0 saturated carbocycles. The van der Waals surface area contributed by atoms with E-state index in [9.17, 15) is 4.39 Å². The number of aromatic nitrogens is 1. The average Bonchev–Trinajstić information content (AvgIpc) is 2.53. The number of hydrogen-bond donors (Lipinski definition) is 1. The van der Waals surface area contributed by atoms with Gasteiger partial charge in [0.15, 0.2) is 0 Å². The monoisotopic (exact) mass is 294 g/mol. The molecule has 1 heterocycles. The Morgan fingerprint density at radius 3 is 2.68 bits per heavy atom. The number of aryl methyl sites for hydroxylation is 1. The van der Waals surface area contributed by atoms with E-state index in [1.165, 1.54) is 11.6 Å². The number of fused-ring (bicyclic) bond motifs is 1. The fraction of sp³-hybridized carbons (Fsp3) is 0.211. The first kappa shape index (κ1) is 14.7. The molecule has 2 N–H and O–H groups in total. The van der Waals surface area contributed by atoms with Gasteiger partial charge in [-0.2, -0.15) is 0 Å². The maximum Gasteiger partial charge on any atom is 0.123 e. The third kappa shape index (κ3) is 2.48. The highest BCUT2D eigenvalue weighted by Crippen LogP contribution is 2.36. The lowest BCUT2D eigenvalue weighted by Gasteiger charge is -2.18. The zero-order valence-electron chi connectivity index (χ0n) is 12.8. The molecule has 112 valence electrons. The summed E-state index contributed by atoms with van der Waals surface area (Å²) in [7, 11) is 0. The van der Waals surface area contributed by atoms with Crippen LogP contribution in [-0.4, -0.2) is 4.98 Å². The van der Waals surface area contributed by atoms with Gasteiger partial charge in [-0.25, -0.2) is 4.39 Å². The molecular formula is C19H19FN2. The highest BCUT2D eigenvalue weighted by molar-refractivity contribution is 5.97. The third-order valence-corrected chi connectivity index (χ3v) is 3.99. The molecular weight excluding hydrogens is 275 g/mol. The number of hydrogen-bond acceptors (Lipinski definition) is 2. The van der Waals surface area contributed by atoms with E-state index >= 15 is 0 Å². The van der Waals surface area contributed by atoms with E-state index in [2.05, 4.69) is 24.0 Å². The quantitative estimate of drug-likeness (QED) is 0.765. The summed E-state index contributed by atoms with van der Waals surface area (Å²) in [6.07, 6.45) is 2.68. The Hall–Kier alpha value is -2.26. The number of rotatable bonds is 3. The summed E-state index contributed by atoms with van der Waals surface area (Å²) in [6.45, 7) is 4.07. The van der Waals surface area contributed by atoms with Crippen LogP contribution < -0.4 is 5.73 Å². The number of nitrogens with zero attached hydrogens (tertiary/aromatic N) is 1. The second-order valence-corrected chi connectivity index (χ2v) is 5.55. The van der Waals surface area contributed by atoms with Gasteiger partial charge in [-0.3, -0.25) is 4.98 Å². The Morgan fingerprint density at radius 2 is 2.00 bits per heavy atom. The number of pyridine rings is 1. The predicted molar refractivity (Wildman–Crippen MR) is 89.1 cm³/mol. The van der Waals surface area contributed by atoms with Crippen LogP contribution in [0.1, 0.15) is 31.0 Å². The number of halogens is 1. The van der Waals surface area contributed by atoms with E-state index < -0.39 is 0 Å². The van der Waals surface area contributed by atoms with Crippen molar-refractivity contribution < 1.29 is 4.39 Å². The summed E-state index contributed by atoms with van der Waals surface area (Å²) in [6, 6.07) is 12.6. The zero-order valence-corrected chi connectivity index (χ0v) is 12.8. The predicted octanol–water partition coefficient (Wildman–Crippen LogP) is 4.62. The van der Waals surface area contributed by atoms with Gasteiger partial charge >= 0.3 is 0 Å². The van der Waals surface area contributed by atoms with E-state index in [0.717, 1.165) is 34.0 Å². The lowest BCUT2D eigenvalue weighted by atomic mass is 9.89. The summed E-state index contributed by atoms with van der Waals surface area (Å²) < 4.78 is 13.7. The van der Waals surface area contributed by atoms with E-state index in [4.69, 9.17) is 5.73 Å². The van der Waals surface area contributed by atoms with Gasteiger partial charge in [0.05, 0.1) is 5.52 Å². The molecule has 0 aliphatic rings. The van der Waals surface area contributed by atoms with E-state index in [-0.39, 0.29) is 11.9 Å². The second-order valence-electron chi connectivity index (χ2n) is 5.55. The topological polar surface area (TPSA) is 38.9 Å². The summed E-state index contributed by atoms with van der Waals surface area (Å²) in [4.78, 5) is 4.56. The molecule has 1 atom stereocenters. The van der Waals surface area contributed by atoms with E-state index in [0.29, 0.717) is 0 Å². The third-order valence-electron chi connectivity index (χ3n) is 3.99. The summed E-state index contributed by atoms with van der Waals surface area (Å²) in [5.41, 5.74) is 11.0. The van der Waals surface area contributed by atoms with E-state index in [1.807, 2.05) is 19.1 Å². The molecule has 1 aromatic heterocycles. The van der Waals surface area contributed by atoms with Gasteiger partial charge in [0, 0.05) is 23.2 Å². The van der Waals surface area contributed by atoms with Crippen molar-refractivity contribution in [3.05, 3.63) is 65.6 Å². The van der Waals surface area contributed by atoms with Crippen LogP contribution in [-0.2, 0) is 6.42 Å². The maximum absolute atomic E-state index is 13.7. The van der Waals surface area contributed by atoms with E-state index in [1.54, 1.807) is 18.3 Å². The van der Waals surface area contributed by atoms with Crippen molar-refractivity contribution in [3.8, 4) is 11.1 Å². The van der Waals surface area contributed by atoms with Crippen LogP contribution in [0.5, 0.6) is 0 Å². The molecule has 0 spiro atoms. The molecule has 0 aliphatic heterocycles.